The molecule has 1 N–H and O–H groups in total. The van der Waals surface area contributed by atoms with E-state index in [1.54, 1.807) is 23.7 Å². The first-order chi connectivity index (χ1) is 15.2. The van der Waals surface area contributed by atoms with Crippen LogP contribution < -0.4 is 5.32 Å². The molecule has 1 unspecified atom stereocenters. The zero-order valence-corrected chi connectivity index (χ0v) is 18.3. The molecule has 0 radical (unpaired) electrons. The van der Waals surface area contributed by atoms with Crippen LogP contribution >= 0.6 is 11.3 Å². The lowest BCUT2D eigenvalue weighted by Gasteiger charge is -2.32. The van der Waals surface area contributed by atoms with Crippen LogP contribution in [0.15, 0.2) is 71.7 Å². The fraction of sp³-hybridized carbons (Fsp3) is 0.320. The molecule has 31 heavy (non-hydrogen) atoms. The predicted molar refractivity (Wildman–Crippen MR) is 123 cm³/mol. The van der Waals surface area contributed by atoms with Crippen molar-refractivity contribution in [3.63, 3.8) is 0 Å². The highest BCUT2D eigenvalue weighted by molar-refractivity contribution is 7.08. The Labute approximate surface area is 187 Å². The quantitative estimate of drug-likeness (QED) is 0.607. The minimum atomic E-state index is -0.140. The van der Waals surface area contributed by atoms with Gasteiger partial charge in [0.15, 0.2) is 0 Å². The Kier molecular flexibility index (Phi) is 7.10. The van der Waals surface area contributed by atoms with E-state index in [9.17, 15) is 9.59 Å². The van der Waals surface area contributed by atoms with Crippen LogP contribution in [-0.2, 0) is 16.0 Å². The van der Waals surface area contributed by atoms with Crippen molar-refractivity contribution in [1.82, 2.24) is 15.2 Å². The van der Waals surface area contributed by atoms with Crippen molar-refractivity contribution in [3.05, 3.63) is 88.4 Å². The van der Waals surface area contributed by atoms with E-state index in [4.69, 9.17) is 0 Å². The summed E-state index contributed by atoms with van der Waals surface area (Å²) in [5.74, 6) is 0.165. The van der Waals surface area contributed by atoms with Crippen LogP contribution in [0.5, 0.6) is 0 Å². The first-order valence-electron chi connectivity index (χ1n) is 10.7. The zero-order chi connectivity index (χ0) is 21.5. The van der Waals surface area contributed by atoms with Gasteiger partial charge in [-0.3, -0.25) is 14.6 Å². The number of piperidine rings is 1. The SMILES string of the molecule is O=C(NC(c1ccccc1)c1ccsc1)C1CCN(C(=O)CCc2cccnc2)CC1. The fourth-order valence-corrected chi connectivity index (χ4v) is 4.74. The number of aryl methyl sites for hydroxylation is 1. The van der Waals surface area contributed by atoms with Crippen LogP contribution in [0.4, 0.5) is 0 Å². The topological polar surface area (TPSA) is 62.3 Å². The summed E-state index contributed by atoms with van der Waals surface area (Å²) >= 11 is 1.63. The fourth-order valence-electron chi connectivity index (χ4n) is 4.05. The van der Waals surface area contributed by atoms with Crippen molar-refractivity contribution in [2.45, 2.75) is 31.7 Å². The van der Waals surface area contributed by atoms with Crippen LogP contribution in [0.3, 0.4) is 0 Å². The van der Waals surface area contributed by atoms with E-state index >= 15 is 0 Å². The summed E-state index contributed by atoms with van der Waals surface area (Å²) in [6, 6.07) is 15.9. The van der Waals surface area contributed by atoms with Crippen LogP contribution in [0, 0.1) is 5.92 Å². The molecule has 0 saturated carbocycles. The maximum Gasteiger partial charge on any atom is 0.223 e. The molecule has 6 heteroatoms. The molecule has 1 fully saturated rings. The van der Waals surface area contributed by atoms with E-state index in [0.29, 0.717) is 38.8 Å². The Morgan fingerprint density at radius 3 is 2.55 bits per heavy atom. The Balaban J connectivity index is 1.31. The zero-order valence-electron chi connectivity index (χ0n) is 17.4. The molecule has 0 aliphatic carbocycles. The largest absolute Gasteiger partial charge is 0.345 e. The molecule has 1 aliphatic heterocycles. The van der Waals surface area contributed by atoms with Crippen LogP contribution in [0.1, 0.15) is 42.0 Å². The lowest BCUT2D eigenvalue weighted by molar-refractivity contribution is -0.135. The molecule has 0 bridgehead atoms. The number of aromatic nitrogens is 1. The van der Waals surface area contributed by atoms with Gasteiger partial charge in [0, 0.05) is 37.8 Å². The number of rotatable bonds is 7. The second-order valence-electron chi connectivity index (χ2n) is 7.93. The van der Waals surface area contributed by atoms with Crippen LogP contribution in [0.2, 0.25) is 0 Å². The molecule has 3 aromatic rings. The van der Waals surface area contributed by atoms with Gasteiger partial charge in [0.25, 0.3) is 0 Å². The Bertz CT molecular complexity index is 969. The Morgan fingerprint density at radius 2 is 1.87 bits per heavy atom. The number of hydrogen-bond donors (Lipinski definition) is 1. The molecule has 2 aromatic heterocycles. The number of nitrogens with zero attached hydrogens (tertiary/aromatic N) is 2. The maximum absolute atomic E-state index is 13.0. The van der Waals surface area contributed by atoms with Gasteiger partial charge in [-0.1, -0.05) is 36.4 Å². The predicted octanol–water partition coefficient (Wildman–Crippen LogP) is 4.22. The van der Waals surface area contributed by atoms with Crippen molar-refractivity contribution in [2.24, 2.45) is 5.92 Å². The van der Waals surface area contributed by atoms with E-state index in [1.807, 2.05) is 52.7 Å². The van der Waals surface area contributed by atoms with Gasteiger partial charge in [0.1, 0.15) is 0 Å². The van der Waals surface area contributed by atoms with E-state index in [2.05, 4.69) is 21.7 Å². The molecule has 1 atom stereocenters. The normalized spacial score (nSPS) is 15.4. The van der Waals surface area contributed by atoms with Gasteiger partial charge in [-0.15, -0.1) is 0 Å². The van der Waals surface area contributed by atoms with Crippen molar-refractivity contribution >= 4 is 23.2 Å². The molecule has 4 rings (SSSR count). The van der Waals surface area contributed by atoms with E-state index in [0.717, 1.165) is 16.7 Å². The van der Waals surface area contributed by atoms with Crippen molar-refractivity contribution in [3.8, 4) is 0 Å². The molecule has 1 aliphatic rings. The van der Waals surface area contributed by atoms with Crippen molar-refractivity contribution in [2.75, 3.05) is 13.1 Å². The van der Waals surface area contributed by atoms with E-state index in [1.165, 1.54) is 0 Å². The third kappa shape index (κ3) is 5.58. The van der Waals surface area contributed by atoms with Crippen LogP contribution in [-0.4, -0.2) is 34.8 Å². The van der Waals surface area contributed by atoms with Gasteiger partial charge in [0.05, 0.1) is 6.04 Å². The maximum atomic E-state index is 13.0. The third-order valence-corrected chi connectivity index (χ3v) is 6.57. The minimum absolute atomic E-state index is 0.0628. The number of likely N-dealkylation sites (tertiary alicyclic amines) is 1. The Hall–Kier alpha value is -2.99. The van der Waals surface area contributed by atoms with Gasteiger partial charge >= 0.3 is 0 Å². The number of pyridine rings is 1. The summed E-state index contributed by atoms with van der Waals surface area (Å²) in [5.41, 5.74) is 3.26. The standard InChI is InChI=1S/C25H27N3O2S/c29-23(9-8-19-5-4-13-26-17-19)28-14-10-21(11-15-28)25(30)27-24(22-12-16-31-18-22)20-6-2-1-3-7-20/h1-7,12-13,16-18,21,24H,8-11,14-15H2,(H,27,30). The summed E-state index contributed by atoms with van der Waals surface area (Å²) in [5, 5.41) is 7.37. The molecule has 1 saturated heterocycles. The number of hydrogen-bond acceptors (Lipinski definition) is 4. The number of amides is 2. The number of carbonyl (C=O) groups is 2. The van der Waals surface area contributed by atoms with E-state index < -0.39 is 0 Å². The van der Waals surface area contributed by atoms with Crippen LogP contribution in [0.25, 0.3) is 0 Å². The van der Waals surface area contributed by atoms with Gasteiger partial charge in [0.2, 0.25) is 11.8 Å². The molecular formula is C25H27N3O2S. The monoisotopic (exact) mass is 433 g/mol. The van der Waals surface area contributed by atoms with Gasteiger partial charge in [-0.25, -0.2) is 0 Å². The molecule has 160 valence electrons. The minimum Gasteiger partial charge on any atom is -0.345 e. The number of carbonyl (C=O) groups excluding carboxylic acids is 2. The number of benzene rings is 1. The molecule has 2 amide bonds. The number of nitrogens with one attached hydrogen (secondary N) is 1. The lowest BCUT2D eigenvalue weighted by atomic mass is 9.93. The van der Waals surface area contributed by atoms with E-state index in [-0.39, 0.29) is 23.8 Å². The molecular weight excluding hydrogens is 406 g/mol. The van der Waals surface area contributed by atoms with Crippen molar-refractivity contribution in [1.29, 1.82) is 0 Å². The summed E-state index contributed by atoms with van der Waals surface area (Å²) in [7, 11) is 0. The Morgan fingerprint density at radius 1 is 1.06 bits per heavy atom. The summed E-state index contributed by atoms with van der Waals surface area (Å²) in [4.78, 5) is 31.6. The summed E-state index contributed by atoms with van der Waals surface area (Å²) in [6.45, 7) is 1.27. The third-order valence-electron chi connectivity index (χ3n) is 5.86. The first-order valence-corrected chi connectivity index (χ1v) is 11.7. The van der Waals surface area contributed by atoms with Gasteiger partial charge in [-0.2, -0.15) is 11.3 Å². The second kappa shape index (κ2) is 10.4. The molecule has 0 spiro atoms. The second-order valence-corrected chi connectivity index (χ2v) is 8.71. The smallest absolute Gasteiger partial charge is 0.223 e. The molecule has 1 aromatic carbocycles. The molecule has 3 heterocycles. The van der Waals surface area contributed by atoms with Gasteiger partial charge in [-0.05, 0) is 58.8 Å². The average Bonchev–Trinajstić information content (AvgIpc) is 3.37. The highest BCUT2D eigenvalue weighted by Crippen LogP contribution is 2.26. The first kappa shape index (κ1) is 21.2. The summed E-state index contributed by atoms with van der Waals surface area (Å²) < 4.78 is 0. The lowest BCUT2D eigenvalue weighted by Crippen LogP contribution is -2.43. The number of thiophene rings is 1. The van der Waals surface area contributed by atoms with Crippen molar-refractivity contribution < 1.29 is 9.59 Å². The highest BCUT2D eigenvalue weighted by atomic mass is 32.1. The average molecular weight is 434 g/mol. The summed E-state index contributed by atoms with van der Waals surface area (Å²) in [6.07, 6.45) is 6.14. The highest BCUT2D eigenvalue weighted by Gasteiger charge is 2.29. The molecule has 5 nitrogen and oxygen atoms in total. The van der Waals surface area contributed by atoms with Gasteiger partial charge < -0.3 is 10.2 Å².